The van der Waals surface area contributed by atoms with E-state index in [0.717, 1.165) is 0 Å². The van der Waals surface area contributed by atoms with E-state index in [2.05, 4.69) is 20.8 Å². The molecule has 2 aliphatic heterocycles. The van der Waals surface area contributed by atoms with Crippen LogP contribution < -0.4 is 0 Å². The zero-order valence-corrected chi connectivity index (χ0v) is 15.4. The molecule has 2 saturated heterocycles. The van der Waals surface area contributed by atoms with Crippen molar-refractivity contribution >= 4 is 23.9 Å². The van der Waals surface area contributed by atoms with Crippen LogP contribution in [0.3, 0.4) is 0 Å². The molecule has 174 valence electrons. The van der Waals surface area contributed by atoms with Gasteiger partial charge in [0.05, 0.1) is 0 Å². The standard InChI is InChI=1S/C16H14F6O9/c1-3-6(23)27-4-7(24)29-13-9(8-10(30-13)5(2)28-11(8)25)12(26)31-14(15(17,18)19)16(20,21)22/h3,5,8-10,13-14H,1,4H2,2H3. The summed E-state index contributed by atoms with van der Waals surface area (Å²) in [5, 5.41) is 0. The van der Waals surface area contributed by atoms with Crippen molar-refractivity contribution in [1.29, 1.82) is 0 Å². The number of ether oxygens (including phenoxy) is 5. The summed E-state index contributed by atoms with van der Waals surface area (Å²) >= 11 is 0. The van der Waals surface area contributed by atoms with Gasteiger partial charge in [-0.2, -0.15) is 26.3 Å². The molecule has 0 aliphatic carbocycles. The molecule has 0 N–H and O–H groups in total. The summed E-state index contributed by atoms with van der Waals surface area (Å²) in [7, 11) is 0. The lowest BCUT2D eigenvalue weighted by Gasteiger charge is -2.26. The SMILES string of the molecule is C=CC(=O)OCC(=O)OC1OC2C(C)OC(=O)C2C1C(=O)OC(C(F)(F)F)C(F)(F)F. The summed E-state index contributed by atoms with van der Waals surface area (Å²) in [6, 6.07) is 0. The molecule has 0 bridgehead atoms. The number of hydrogen-bond donors (Lipinski definition) is 0. The topological polar surface area (TPSA) is 114 Å². The number of esters is 4. The predicted octanol–water partition coefficient (Wildman–Crippen LogP) is 1.20. The molecule has 0 saturated carbocycles. The van der Waals surface area contributed by atoms with E-state index < -0.39 is 79.3 Å². The molecule has 2 heterocycles. The molecule has 2 aliphatic rings. The van der Waals surface area contributed by atoms with Gasteiger partial charge >= 0.3 is 36.2 Å². The van der Waals surface area contributed by atoms with Gasteiger partial charge in [-0.05, 0) is 6.92 Å². The fourth-order valence-electron chi connectivity index (χ4n) is 2.94. The maximum absolute atomic E-state index is 12.7. The first-order valence-electron chi connectivity index (χ1n) is 8.35. The monoisotopic (exact) mass is 464 g/mol. The van der Waals surface area contributed by atoms with Crippen molar-refractivity contribution in [2.45, 2.75) is 43.9 Å². The number of alkyl halides is 6. The first kappa shape index (κ1) is 24.4. The number of carbonyl (C=O) groups excluding carboxylic acids is 4. The van der Waals surface area contributed by atoms with Crippen LogP contribution in [0.4, 0.5) is 26.3 Å². The molecular weight excluding hydrogens is 450 g/mol. The van der Waals surface area contributed by atoms with E-state index in [1.807, 2.05) is 0 Å². The summed E-state index contributed by atoms with van der Waals surface area (Å²) in [6.07, 6.45) is -20.3. The molecule has 0 aromatic carbocycles. The average molecular weight is 464 g/mol. The molecule has 2 fully saturated rings. The smallest absolute Gasteiger partial charge is 0.434 e. The Balaban J connectivity index is 2.24. The second kappa shape index (κ2) is 8.72. The lowest BCUT2D eigenvalue weighted by atomic mass is 9.90. The maximum Gasteiger partial charge on any atom is 0.434 e. The van der Waals surface area contributed by atoms with Gasteiger partial charge in [-0.1, -0.05) is 6.58 Å². The van der Waals surface area contributed by atoms with Crippen LogP contribution in [-0.4, -0.2) is 67.4 Å². The van der Waals surface area contributed by atoms with Crippen LogP contribution in [0.15, 0.2) is 12.7 Å². The molecule has 15 heteroatoms. The lowest BCUT2D eigenvalue weighted by Crippen LogP contribution is -2.48. The van der Waals surface area contributed by atoms with Gasteiger partial charge in [0.15, 0.2) is 6.61 Å². The molecular formula is C16H14F6O9. The van der Waals surface area contributed by atoms with Crippen LogP contribution in [0.2, 0.25) is 0 Å². The fraction of sp³-hybridized carbons (Fsp3) is 0.625. The first-order chi connectivity index (χ1) is 14.2. The van der Waals surface area contributed by atoms with Crippen molar-refractivity contribution in [3.63, 3.8) is 0 Å². The highest BCUT2D eigenvalue weighted by atomic mass is 19.4. The lowest BCUT2D eigenvalue weighted by molar-refractivity contribution is -0.315. The Labute approximate surface area is 169 Å². The van der Waals surface area contributed by atoms with E-state index in [1.54, 1.807) is 0 Å². The second-order valence-electron chi connectivity index (χ2n) is 6.36. The zero-order valence-electron chi connectivity index (χ0n) is 15.4. The van der Waals surface area contributed by atoms with Crippen LogP contribution in [-0.2, 0) is 42.9 Å². The zero-order chi connectivity index (χ0) is 23.7. The maximum atomic E-state index is 12.7. The third kappa shape index (κ3) is 5.45. The van der Waals surface area contributed by atoms with Gasteiger partial charge in [-0.15, -0.1) is 0 Å². The Morgan fingerprint density at radius 2 is 1.74 bits per heavy atom. The molecule has 9 nitrogen and oxygen atoms in total. The van der Waals surface area contributed by atoms with Crippen molar-refractivity contribution in [1.82, 2.24) is 0 Å². The van der Waals surface area contributed by atoms with Gasteiger partial charge in [-0.3, -0.25) is 9.59 Å². The Hall–Kier alpha value is -2.84. The Bertz CT molecular complexity index is 748. The molecule has 0 aromatic heterocycles. The molecule has 2 rings (SSSR count). The number of carbonyl (C=O) groups is 4. The van der Waals surface area contributed by atoms with Crippen molar-refractivity contribution in [2.75, 3.05) is 6.61 Å². The summed E-state index contributed by atoms with van der Waals surface area (Å²) in [4.78, 5) is 46.9. The highest BCUT2D eigenvalue weighted by molar-refractivity contribution is 5.86. The van der Waals surface area contributed by atoms with E-state index in [1.165, 1.54) is 6.92 Å². The second-order valence-corrected chi connectivity index (χ2v) is 6.36. The van der Waals surface area contributed by atoms with Crippen LogP contribution in [0, 0.1) is 11.8 Å². The number of halogens is 6. The number of hydrogen-bond acceptors (Lipinski definition) is 9. The molecule has 0 amide bonds. The summed E-state index contributed by atoms with van der Waals surface area (Å²) in [5.41, 5.74) is 0. The minimum Gasteiger partial charge on any atom is -0.460 e. The summed E-state index contributed by atoms with van der Waals surface area (Å²) in [6.45, 7) is 3.28. The first-order valence-corrected chi connectivity index (χ1v) is 8.35. The number of cyclic esters (lactones) is 1. The normalized spacial score (nSPS) is 28.0. The summed E-state index contributed by atoms with van der Waals surface area (Å²) < 4.78 is 98.9. The van der Waals surface area contributed by atoms with Crippen LogP contribution in [0.25, 0.3) is 0 Å². The van der Waals surface area contributed by atoms with Gasteiger partial charge in [0.1, 0.15) is 24.0 Å². The van der Waals surface area contributed by atoms with Crippen LogP contribution in [0.5, 0.6) is 0 Å². The van der Waals surface area contributed by atoms with Crippen molar-refractivity contribution in [3.05, 3.63) is 12.7 Å². The predicted molar refractivity (Wildman–Crippen MR) is 80.4 cm³/mol. The van der Waals surface area contributed by atoms with Gasteiger partial charge in [0.25, 0.3) is 6.10 Å². The Kier molecular flexibility index (Phi) is 6.87. The van der Waals surface area contributed by atoms with Gasteiger partial charge in [-0.25, -0.2) is 9.59 Å². The minimum absolute atomic E-state index is 0.690. The van der Waals surface area contributed by atoms with E-state index in [-0.39, 0.29) is 0 Å². The molecule has 0 aromatic rings. The molecule has 31 heavy (non-hydrogen) atoms. The van der Waals surface area contributed by atoms with Crippen LogP contribution >= 0.6 is 0 Å². The van der Waals surface area contributed by atoms with E-state index in [4.69, 9.17) is 9.47 Å². The highest BCUT2D eigenvalue weighted by Crippen LogP contribution is 2.43. The average Bonchev–Trinajstić information content (AvgIpc) is 3.13. The summed E-state index contributed by atoms with van der Waals surface area (Å²) in [5.74, 6) is -9.65. The third-order valence-corrected chi connectivity index (χ3v) is 4.21. The largest absolute Gasteiger partial charge is 0.460 e. The number of rotatable bonds is 6. The van der Waals surface area contributed by atoms with Gasteiger partial charge in [0, 0.05) is 6.08 Å². The highest BCUT2D eigenvalue weighted by Gasteiger charge is 2.65. The molecule has 5 atom stereocenters. The Morgan fingerprint density at radius 1 is 1.16 bits per heavy atom. The van der Waals surface area contributed by atoms with E-state index in [0.29, 0.717) is 6.08 Å². The van der Waals surface area contributed by atoms with Crippen LogP contribution in [0.1, 0.15) is 6.92 Å². The Morgan fingerprint density at radius 3 is 2.26 bits per heavy atom. The van der Waals surface area contributed by atoms with E-state index >= 15 is 0 Å². The minimum atomic E-state index is -6.01. The van der Waals surface area contributed by atoms with E-state index in [9.17, 15) is 45.5 Å². The van der Waals surface area contributed by atoms with Crippen molar-refractivity contribution in [2.24, 2.45) is 11.8 Å². The molecule has 0 radical (unpaired) electrons. The van der Waals surface area contributed by atoms with Crippen molar-refractivity contribution < 1.29 is 69.2 Å². The quantitative estimate of drug-likeness (QED) is 0.248. The van der Waals surface area contributed by atoms with Crippen molar-refractivity contribution in [3.8, 4) is 0 Å². The molecule has 5 unspecified atom stereocenters. The fourth-order valence-corrected chi connectivity index (χ4v) is 2.94. The number of fused-ring (bicyclic) bond motifs is 1. The van der Waals surface area contributed by atoms with Gasteiger partial charge < -0.3 is 23.7 Å². The third-order valence-electron chi connectivity index (χ3n) is 4.21. The van der Waals surface area contributed by atoms with Gasteiger partial charge in [0.2, 0.25) is 6.29 Å². The molecule has 0 spiro atoms.